The highest BCUT2D eigenvalue weighted by molar-refractivity contribution is 9.09. The van der Waals surface area contributed by atoms with Crippen molar-refractivity contribution in [3.8, 4) is 5.88 Å². The van der Waals surface area contributed by atoms with Crippen molar-refractivity contribution in [1.29, 1.82) is 0 Å². The quantitative estimate of drug-likeness (QED) is 0.777. The van der Waals surface area contributed by atoms with Crippen LogP contribution in [0.5, 0.6) is 5.88 Å². The molecule has 1 rings (SSSR count). The van der Waals surface area contributed by atoms with E-state index in [9.17, 15) is 0 Å². The fourth-order valence-corrected chi connectivity index (χ4v) is 1.69. The van der Waals surface area contributed by atoms with Gasteiger partial charge in [-0.1, -0.05) is 29.8 Å². The summed E-state index contributed by atoms with van der Waals surface area (Å²) >= 11 is 3.65. The molecule has 0 saturated carbocycles. The predicted octanol–water partition coefficient (Wildman–Crippen LogP) is 3.54. The number of alkyl halides is 1. The summed E-state index contributed by atoms with van der Waals surface area (Å²) in [6.45, 7) is 8.26. The van der Waals surface area contributed by atoms with Crippen LogP contribution in [0.4, 0.5) is 0 Å². The summed E-state index contributed by atoms with van der Waals surface area (Å²) in [6.07, 6.45) is 4.66. The molecule has 0 aliphatic carbocycles. The van der Waals surface area contributed by atoms with Crippen LogP contribution in [0.2, 0.25) is 0 Å². The zero-order chi connectivity index (χ0) is 12.1. The molecule has 0 bridgehead atoms. The number of ether oxygens (including phenoxy) is 1. The fourth-order valence-electron chi connectivity index (χ4n) is 1.42. The summed E-state index contributed by atoms with van der Waals surface area (Å²) in [6, 6.07) is 0. The minimum Gasteiger partial charge on any atom is -0.474 e. The number of rotatable bonds is 5. The number of hydrogen-bond acceptors (Lipinski definition) is 3. The molecule has 0 radical (unpaired) electrons. The SMILES string of the molecule is CCC(Br)C(C)c1cncc(OC(C)C)n1. The second kappa shape index (κ2) is 6.18. The monoisotopic (exact) mass is 286 g/mol. The normalized spacial score (nSPS) is 14.9. The van der Waals surface area contributed by atoms with Crippen LogP contribution < -0.4 is 4.74 Å². The maximum atomic E-state index is 5.53. The van der Waals surface area contributed by atoms with Gasteiger partial charge < -0.3 is 4.74 Å². The van der Waals surface area contributed by atoms with Gasteiger partial charge >= 0.3 is 0 Å². The van der Waals surface area contributed by atoms with E-state index in [0.717, 1.165) is 12.1 Å². The first-order chi connectivity index (χ1) is 7.54. The van der Waals surface area contributed by atoms with Crippen LogP contribution in [-0.4, -0.2) is 20.9 Å². The van der Waals surface area contributed by atoms with Gasteiger partial charge in [-0.3, -0.25) is 4.98 Å². The minimum atomic E-state index is 0.130. The van der Waals surface area contributed by atoms with Crippen molar-refractivity contribution in [1.82, 2.24) is 9.97 Å². The van der Waals surface area contributed by atoms with Gasteiger partial charge in [0, 0.05) is 16.9 Å². The molecule has 0 spiro atoms. The van der Waals surface area contributed by atoms with E-state index in [-0.39, 0.29) is 6.10 Å². The van der Waals surface area contributed by atoms with Gasteiger partial charge in [-0.15, -0.1) is 0 Å². The van der Waals surface area contributed by atoms with Gasteiger partial charge in [-0.05, 0) is 20.3 Å². The molecule has 1 aromatic heterocycles. The summed E-state index contributed by atoms with van der Waals surface area (Å²) in [4.78, 5) is 9.06. The third-order valence-electron chi connectivity index (χ3n) is 2.39. The van der Waals surface area contributed by atoms with Gasteiger partial charge in [0.05, 0.1) is 18.0 Å². The molecule has 1 aromatic rings. The number of halogens is 1. The Labute approximate surface area is 106 Å². The lowest BCUT2D eigenvalue weighted by molar-refractivity contribution is 0.230. The molecule has 0 aromatic carbocycles. The Morgan fingerprint density at radius 1 is 1.31 bits per heavy atom. The molecule has 90 valence electrons. The lowest BCUT2D eigenvalue weighted by Gasteiger charge is -2.17. The highest BCUT2D eigenvalue weighted by Gasteiger charge is 2.16. The topological polar surface area (TPSA) is 35.0 Å². The van der Waals surface area contributed by atoms with Crippen molar-refractivity contribution in [2.75, 3.05) is 0 Å². The molecule has 3 nitrogen and oxygen atoms in total. The molecule has 0 aliphatic heterocycles. The van der Waals surface area contributed by atoms with Gasteiger partial charge in [-0.25, -0.2) is 4.98 Å². The number of nitrogens with zero attached hydrogens (tertiary/aromatic N) is 2. The highest BCUT2D eigenvalue weighted by atomic mass is 79.9. The van der Waals surface area contributed by atoms with E-state index in [1.54, 1.807) is 6.20 Å². The first-order valence-corrected chi connectivity index (χ1v) is 6.58. The van der Waals surface area contributed by atoms with Crippen molar-refractivity contribution >= 4 is 15.9 Å². The summed E-state index contributed by atoms with van der Waals surface area (Å²) in [5, 5.41) is 0. The Morgan fingerprint density at radius 3 is 2.56 bits per heavy atom. The third kappa shape index (κ3) is 3.74. The van der Waals surface area contributed by atoms with Crippen molar-refractivity contribution in [3.63, 3.8) is 0 Å². The average molecular weight is 287 g/mol. The summed E-state index contributed by atoms with van der Waals surface area (Å²) < 4.78 is 5.53. The summed E-state index contributed by atoms with van der Waals surface area (Å²) in [5.41, 5.74) is 0.974. The number of aromatic nitrogens is 2. The maximum Gasteiger partial charge on any atom is 0.232 e. The summed E-state index contributed by atoms with van der Waals surface area (Å²) in [5.74, 6) is 0.948. The van der Waals surface area contributed by atoms with Crippen LogP contribution >= 0.6 is 15.9 Å². The van der Waals surface area contributed by atoms with Crippen LogP contribution in [0.1, 0.15) is 45.7 Å². The second-order valence-corrected chi connectivity index (χ2v) is 5.34. The standard InChI is InChI=1S/C12H19BrN2O/c1-5-10(13)9(4)11-6-14-7-12(15-11)16-8(2)3/h6-10H,5H2,1-4H3. The molecule has 4 heteroatoms. The van der Waals surface area contributed by atoms with E-state index >= 15 is 0 Å². The van der Waals surface area contributed by atoms with E-state index in [2.05, 4.69) is 39.7 Å². The molecule has 2 unspecified atom stereocenters. The lowest BCUT2D eigenvalue weighted by Crippen LogP contribution is -2.12. The molecule has 0 saturated heterocycles. The van der Waals surface area contributed by atoms with Gasteiger partial charge in [0.2, 0.25) is 5.88 Å². The summed E-state index contributed by atoms with van der Waals surface area (Å²) in [7, 11) is 0. The Bertz CT molecular complexity index is 331. The van der Waals surface area contributed by atoms with E-state index in [4.69, 9.17) is 4.74 Å². The molecular formula is C12H19BrN2O. The first-order valence-electron chi connectivity index (χ1n) is 5.67. The molecule has 0 fully saturated rings. The zero-order valence-electron chi connectivity index (χ0n) is 10.3. The van der Waals surface area contributed by atoms with E-state index < -0.39 is 0 Å². The van der Waals surface area contributed by atoms with Crippen LogP contribution in [-0.2, 0) is 0 Å². The van der Waals surface area contributed by atoms with Crippen molar-refractivity contribution in [3.05, 3.63) is 18.1 Å². The van der Waals surface area contributed by atoms with Crippen molar-refractivity contribution in [2.24, 2.45) is 0 Å². The average Bonchev–Trinajstić information content (AvgIpc) is 2.26. The fraction of sp³-hybridized carbons (Fsp3) is 0.667. The van der Waals surface area contributed by atoms with Crippen molar-refractivity contribution in [2.45, 2.75) is 51.0 Å². The molecule has 16 heavy (non-hydrogen) atoms. The molecule has 0 amide bonds. The molecule has 1 heterocycles. The largest absolute Gasteiger partial charge is 0.474 e. The first kappa shape index (κ1) is 13.4. The molecule has 2 atom stereocenters. The lowest BCUT2D eigenvalue weighted by atomic mass is 10.0. The van der Waals surface area contributed by atoms with Crippen molar-refractivity contribution < 1.29 is 4.74 Å². The molecular weight excluding hydrogens is 268 g/mol. The Kier molecular flexibility index (Phi) is 5.19. The third-order valence-corrected chi connectivity index (χ3v) is 3.83. The Balaban J connectivity index is 2.81. The predicted molar refractivity (Wildman–Crippen MR) is 69.2 cm³/mol. The number of hydrogen-bond donors (Lipinski definition) is 0. The van der Waals surface area contributed by atoms with Crippen LogP contribution in [0, 0.1) is 0 Å². The van der Waals surface area contributed by atoms with Gasteiger partial charge in [0.1, 0.15) is 0 Å². The van der Waals surface area contributed by atoms with Crippen LogP contribution in [0.3, 0.4) is 0 Å². The second-order valence-electron chi connectivity index (χ2n) is 4.16. The van der Waals surface area contributed by atoms with E-state index in [1.807, 2.05) is 20.0 Å². The Hall–Kier alpha value is -0.640. The van der Waals surface area contributed by atoms with E-state index in [0.29, 0.717) is 16.6 Å². The Morgan fingerprint density at radius 2 is 2.00 bits per heavy atom. The van der Waals surface area contributed by atoms with Crippen LogP contribution in [0.25, 0.3) is 0 Å². The van der Waals surface area contributed by atoms with Gasteiger partial charge in [-0.2, -0.15) is 0 Å². The highest BCUT2D eigenvalue weighted by Crippen LogP contribution is 2.26. The minimum absolute atomic E-state index is 0.130. The molecule has 0 N–H and O–H groups in total. The van der Waals surface area contributed by atoms with Crippen LogP contribution in [0.15, 0.2) is 12.4 Å². The zero-order valence-corrected chi connectivity index (χ0v) is 11.9. The van der Waals surface area contributed by atoms with Gasteiger partial charge in [0.15, 0.2) is 0 Å². The maximum absolute atomic E-state index is 5.53. The smallest absolute Gasteiger partial charge is 0.232 e. The molecule has 0 aliphatic rings. The van der Waals surface area contributed by atoms with E-state index in [1.165, 1.54) is 0 Å². The van der Waals surface area contributed by atoms with Gasteiger partial charge in [0.25, 0.3) is 0 Å².